The standard InChI is InChI=1S/C15H19N5/c16-18-15(14-11-7-4-8-12(11)14)13-9-17-19-20(13)10-5-2-1-3-6-10/h1-3,5-6,9,11-12,14-15,18H,4,7-8,16H2. The molecule has 1 heterocycles. The Morgan fingerprint density at radius 2 is 1.95 bits per heavy atom. The molecule has 0 amide bonds. The van der Waals surface area contributed by atoms with Gasteiger partial charge in [0.2, 0.25) is 0 Å². The monoisotopic (exact) mass is 269 g/mol. The van der Waals surface area contributed by atoms with Crippen LogP contribution >= 0.6 is 0 Å². The fourth-order valence-corrected chi connectivity index (χ4v) is 3.99. The predicted octanol–water partition coefficient (Wildman–Crippen LogP) is 1.82. The fraction of sp³-hybridized carbons (Fsp3) is 0.467. The van der Waals surface area contributed by atoms with Crippen molar-refractivity contribution < 1.29 is 0 Å². The summed E-state index contributed by atoms with van der Waals surface area (Å²) in [5, 5.41) is 8.32. The molecule has 1 aromatic carbocycles. The first-order valence-corrected chi connectivity index (χ1v) is 7.32. The van der Waals surface area contributed by atoms with Gasteiger partial charge in [-0.3, -0.25) is 11.3 Å². The minimum absolute atomic E-state index is 0.153. The molecule has 5 nitrogen and oxygen atoms in total. The van der Waals surface area contributed by atoms with Crippen molar-refractivity contribution in [3.63, 3.8) is 0 Å². The summed E-state index contributed by atoms with van der Waals surface area (Å²) in [6.45, 7) is 0. The zero-order chi connectivity index (χ0) is 13.5. The summed E-state index contributed by atoms with van der Waals surface area (Å²) in [6, 6.07) is 10.3. The van der Waals surface area contributed by atoms with Crippen LogP contribution in [-0.2, 0) is 0 Å². The zero-order valence-electron chi connectivity index (χ0n) is 11.3. The van der Waals surface area contributed by atoms with Crippen LogP contribution in [0.2, 0.25) is 0 Å². The lowest BCUT2D eigenvalue weighted by atomic mass is 10.0. The molecule has 0 aliphatic heterocycles. The van der Waals surface area contributed by atoms with Gasteiger partial charge in [-0.25, -0.2) is 4.68 Å². The molecular weight excluding hydrogens is 250 g/mol. The summed E-state index contributed by atoms with van der Waals surface area (Å²) in [7, 11) is 0. The molecule has 5 heteroatoms. The van der Waals surface area contributed by atoms with Crippen LogP contribution in [0.3, 0.4) is 0 Å². The minimum Gasteiger partial charge on any atom is -0.271 e. The first-order valence-electron chi connectivity index (χ1n) is 7.32. The third-order valence-corrected chi connectivity index (χ3v) is 4.93. The number of aromatic nitrogens is 3. The number of nitrogens with zero attached hydrogens (tertiary/aromatic N) is 3. The van der Waals surface area contributed by atoms with Crippen molar-refractivity contribution >= 4 is 0 Å². The number of benzene rings is 1. The van der Waals surface area contributed by atoms with E-state index in [4.69, 9.17) is 5.84 Å². The van der Waals surface area contributed by atoms with Crippen LogP contribution in [0.4, 0.5) is 0 Å². The Kier molecular flexibility index (Phi) is 2.82. The molecule has 0 spiro atoms. The number of hydrogen-bond donors (Lipinski definition) is 2. The van der Waals surface area contributed by atoms with Gasteiger partial charge >= 0.3 is 0 Å². The number of para-hydroxylation sites is 1. The average molecular weight is 269 g/mol. The lowest BCUT2D eigenvalue weighted by Crippen LogP contribution is -2.32. The number of rotatable bonds is 4. The van der Waals surface area contributed by atoms with Gasteiger partial charge in [0.25, 0.3) is 0 Å². The summed E-state index contributed by atoms with van der Waals surface area (Å²) in [5.74, 6) is 8.17. The molecule has 3 N–H and O–H groups in total. The Labute approximate surface area is 118 Å². The van der Waals surface area contributed by atoms with Gasteiger partial charge in [-0.2, -0.15) is 0 Å². The second-order valence-electron chi connectivity index (χ2n) is 5.89. The molecule has 2 saturated carbocycles. The van der Waals surface area contributed by atoms with E-state index in [0.717, 1.165) is 23.2 Å². The Bertz CT molecular complexity index is 583. The molecule has 2 fully saturated rings. The Hall–Kier alpha value is -1.72. The van der Waals surface area contributed by atoms with Crippen molar-refractivity contribution in [1.82, 2.24) is 20.4 Å². The molecule has 0 bridgehead atoms. The van der Waals surface area contributed by atoms with E-state index in [0.29, 0.717) is 5.92 Å². The van der Waals surface area contributed by atoms with Gasteiger partial charge in [0.05, 0.1) is 23.6 Å². The van der Waals surface area contributed by atoms with Gasteiger partial charge in [0.1, 0.15) is 0 Å². The van der Waals surface area contributed by atoms with Crippen LogP contribution in [0, 0.1) is 17.8 Å². The Balaban J connectivity index is 1.67. The fourth-order valence-electron chi connectivity index (χ4n) is 3.99. The molecular formula is C15H19N5. The summed E-state index contributed by atoms with van der Waals surface area (Å²) in [6.07, 6.45) is 5.91. The van der Waals surface area contributed by atoms with Crippen LogP contribution < -0.4 is 11.3 Å². The number of nitrogens with two attached hydrogens (primary N) is 1. The highest BCUT2D eigenvalue weighted by Gasteiger charge is 2.56. The average Bonchev–Trinajstić information content (AvgIpc) is 2.91. The van der Waals surface area contributed by atoms with Gasteiger partial charge in [-0.1, -0.05) is 29.8 Å². The van der Waals surface area contributed by atoms with Crippen molar-refractivity contribution in [1.29, 1.82) is 0 Å². The van der Waals surface area contributed by atoms with Crippen LogP contribution in [0.5, 0.6) is 0 Å². The highest BCUT2D eigenvalue weighted by Crippen LogP contribution is 2.62. The van der Waals surface area contributed by atoms with Gasteiger partial charge in [-0.05, 0) is 42.7 Å². The summed E-state index contributed by atoms with van der Waals surface area (Å²) in [5.41, 5.74) is 5.11. The number of hydrogen-bond acceptors (Lipinski definition) is 4. The topological polar surface area (TPSA) is 68.8 Å². The summed E-state index contributed by atoms with van der Waals surface area (Å²) in [4.78, 5) is 0. The van der Waals surface area contributed by atoms with Crippen molar-refractivity contribution in [3.05, 3.63) is 42.2 Å². The first-order chi connectivity index (χ1) is 9.90. The normalized spacial score (nSPS) is 29.1. The van der Waals surface area contributed by atoms with Crippen molar-refractivity contribution in [3.8, 4) is 5.69 Å². The van der Waals surface area contributed by atoms with E-state index < -0.39 is 0 Å². The second kappa shape index (κ2) is 4.68. The van der Waals surface area contributed by atoms with Crippen molar-refractivity contribution in [2.75, 3.05) is 0 Å². The van der Waals surface area contributed by atoms with Gasteiger partial charge < -0.3 is 0 Å². The smallest absolute Gasteiger partial charge is 0.0831 e. The second-order valence-corrected chi connectivity index (χ2v) is 5.89. The quantitative estimate of drug-likeness (QED) is 0.656. The summed E-state index contributed by atoms with van der Waals surface area (Å²) < 4.78 is 1.90. The lowest BCUT2D eigenvalue weighted by Gasteiger charge is -2.18. The maximum absolute atomic E-state index is 5.84. The van der Waals surface area contributed by atoms with Crippen molar-refractivity contribution in [2.24, 2.45) is 23.6 Å². The van der Waals surface area contributed by atoms with Crippen LogP contribution in [0.25, 0.3) is 5.69 Å². The largest absolute Gasteiger partial charge is 0.271 e. The number of nitrogens with one attached hydrogen (secondary N) is 1. The van der Waals surface area contributed by atoms with Gasteiger partial charge in [0.15, 0.2) is 0 Å². The number of fused-ring (bicyclic) bond motifs is 1. The third kappa shape index (κ3) is 1.77. The maximum Gasteiger partial charge on any atom is 0.0831 e. The Morgan fingerprint density at radius 3 is 2.65 bits per heavy atom. The van der Waals surface area contributed by atoms with Crippen molar-refractivity contribution in [2.45, 2.75) is 25.3 Å². The Morgan fingerprint density at radius 1 is 1.20 bits per heavy atom. The SMILES string of the molecule is NNC(c1cnnn1-c1ccccc1)C1C2CCCC21. The third-order valence-electron chi connectivity index (χ3n) is 4.93. The summed E-state index contributed by atoms with van der Waals surface area (Å²) >= 11 is 0. The van der Waals surface area contributed by atoms with E-state index in [1.165, 1.54) is 19.3 Å². The molecule has 0 saturated heterocycles. The van der Waals surface area contributed by atoms with E-state index in [9.17, 15) is 0 Å². The minimum atomic E-state index is 0.153. The zero-order valence-corrected chi connectivity index (χ0v) is 11.3. The van der Waals surface area contributed by atoms with Crippen LogP contribution in [0.15, 0.2) is 36.5 Å². The van der Waals surface area contributed by atoms with E-state index in [1.54, 1.807) is 0 Å². The highest BCUT2D eigenvalue weighted by atomic mass is 15.4. The first kappa shape index (κ1) is 12.1. The molecule has 20 heavy (non-hydrogen) atoms. The molecule has 2 aliphatic rings. The lowest BCUT2D eigenvalue weighted by molar-refractivity contribution is 0.409. The van der Waals surface area contributed by atoms with Crippen LogP contribution in [-0.4, -0.2) is 15.0 Å². The molecule has 0 radical (unpaired) electrons. The molecule has 3 unspecified atom stereocenters. The van der Waals surface area contributed by atoms with Gasteiger partial charge in [-0.15, -0.1) is 5.10 Å². The maximum atomic E-state index is 5.84. The van der Waals surface area contributed by atoms with E-state index >= 15 is 0 Å². The van der Waals surface area contributed by atoms with E-state index in [-0.39, 0.29) is 6.04 Å². The van der Waals surface area contributed by atoms with E-state index in [2.05, 4.69) is 15.7 Å². The van der Waals surface area contributed by atoms with Gasteiger partial charge in [0, 0.05) is 0 Å². The number of hydrazine groups is 1. The molecule has 2 aliphatic carbocycles. The van der Waals surface area contributed by atoms with Crippen LogP contribution in [0.1, 0.15) is 31.0 Å². The molecule has 4 rings (SSSR count). The molecule has 2 aromatic rings. The van der Waals surface area contributed by atoms with E-state index in [1.807, 2.05) is 41.2 Å². The molecule has 3 atom stereocenters. The predicted molar refractivity (Wildman–Crippen MR) is 75.7 cm³/mol. The molecule has 1 aromatic heterocycles. The molecule has 104 valence electrons. The highest BCUT2D eigenvalue weighted by molar-refractivity contribution is 5.33.